The van der Waals surface area contributed by atoms with Gasteiger partial charge in [0, 0.05) is 11.6 Å². The van der Waals surface area contributed by atoms with E-state index in [4.69, 9.17) is 9.47 Å². The van der Waals surface area contributed by atoms with Crippen LogP contribution in [0.5, 0.6) is 0 Å². The number of rotatable bonds is 3. The van der Waals surface area contributed by atoms with Crippen molar-refractivity contribution in [1.29, 1.82) is 0 Å². The van der Waals surface area contributed by atoms with Gasteiger partial charge in [0.05, 0.1) is 17.9 Å². The molecule has 0 aromatic heterocycles. The van der Waals surface area contributed by atoms with Crippen molar-refractivity contribution in [2.24, 2.45) is 10.9 Å². The summed E-state index contributed by atoms with van der Waals surface area (Å²) in [4.78, 5) is 29.4. The van der Waals surface area contributed by atoms with Crippen molar-refractivity contribution in [3.8, 4) is 0 Å². The Hall–Kier alpha value is -2.43. The highest BCUT2D eigenvalue weighted by Gasteiger charge is 2.45. The first-order valence-corrected chi connectivity index (χ1v) is 8.13. The minimum absolute atomic E-state index is 0.169. The molecule has 126 valence electrons. The minimum atomic E-state index is -0.602. The first-order chi connectivity index (χ1) is 11.5. The number of hydrogen-bond acceptors (Lipinski definition) is 5. The maximum absolute atomic E-state index is 12.6. The molecule has 2 aliphatic heterocycles. The molecular formula is C19H21NO4. The van der Waals surface area contributed by atoms with Gasteiger partial charge in [-0.1, -0.05) is 18.2 Å². The third-order valence-corrected chi connectivity index (χ3v) is 4.80. The molecule has 0 radical (unpaired) electrons. The summed E-state index contributed by atoms with van der Waals surface area (Å²) in [5, 5.41) is 0. The zero-order chi connectivity index (χ0) is 17.4. The van der Waals surface area contributed by atoms with Crippen LogP contribution in [0.1, 0.15) is 36.5 Å². The number of carbonyl (C=O) groups excluding carboxylic acids is 2. The molecule has 2 atom stereocenters. The normalized spacial score (nSPS) is 22.8. The summed E-state index contributed by atoms with van der Waals surface area (Å²) in [6.07, 6.45) is 0. The Morgan fingerprint density at radius 1 is 1.33 bits per heavy atom. The second-order valence-electron chi connectivity index (χ2n) is 6.19. The molecule has 5 nitrogen and oxygen atoms in total. The average molecular weight is 327 g/mol. The fraction of sp³-hybridized carbons (Fsp3) is 0.421. The van der Waals surface area contributed by atoms with E-state index in [0.717, 1.165) is 16.7 Å². The van der Waals surface area contributed by atoms with Crippen molar-refractivity contribution in [2.45, 2.75) is 33.6 Å². The van der Waals surface area contributed by atoms with Gasteiger partial charge in [-0.25, -0.2) is 4.79 Å². The van der Waals surface area contributed by atoms with Crippen LogP contribution in [0.15, 0.2) is 34.5 Å². The van der Waals surface area contributed by atoms with Crippen LogP contribution < -0.4 is 0 Å². The molecule has 0 fully saturated rings. The van der Waals surface area contributed by atoms with Gasteiger partial charge in [0.2, 0.25) is 0 Å². The molecule has 0 aliphatic carbocycles. The molecule has 0 bridgehead atoms. The molecule has 0 spiro atoms. The molecule has 0 N–H and O–H groups in total. The third kappa shape index (κ3) is 2.54. The third-order valence-electron chi connectivity index (χ3n) is 4.80. The Balaban J connectivity index is 2.19. The van der Waals surface area contributed by atoms with Gasteiger partial charge in [-0.15, -0.1) is 0 Å². The molecule has 3 rings (SSSR count). The lowest BCUT2D eigenvalue weighted by Gasteiger charge is -2.30. The summed E-state index contributed by atoms with van der Waals surface area (Å²) in [6.45, 7) is 8.07. The lowest BCUT2D eigenvalue weighted by Crippen LogP contribution is -2.35. The van der Waals surface area contributed by atoms with Crippen LogP contribution in [0.25, 0.3) is 0 Å². The topological polar surface area (TPSA) is 65.0 Å². The van der Waals surface area contributed by atoms with E-state index in [0.29, 0.717) is 23.6 Å². The van der Waals surface area contributed by atoms with Crippen LogP contribution in [0.3, 0.4) is 0 Å². The molecule has 0 saturated heterocycles. The number of esters is 2. The summed E-state index contributed by atoms with van der Waals surface area (Å²) in [5.41, 5.74) is 4.92. The number of aliphatic imine (C=N–C) groups is 1. The van der Waals surface area contributed by atoms with Gasteiger partial charge >= 0.3 is 11.9 Å². The van der Waals surface area contributed by atoms with E-state index in [2.05, 4.69) is 4.99 Å². The zero-order valence-electron chi connectivity index (χ0n) is 14.4. The molecule has 24 heavy (non-hydrogen) atoms. The molecule has 1 aromatic rings. The highest BCUT2D eigenvalue weighted by molar-refractivity contribution is 6.07. The SMILES string of the molecule is CCOC(=O)C1C(C)=NC2=C(C(=O)OC2)C1c1cccc(C)c1C. The highest BCUT2D eigenvalue weighted by Crippen LogP contribution is 2.43. The Morgan fingerprint density at radius 2 is 2.08 bits per heavy atom. The number of nitrogens with zero attached hydrogens (tertiary/aromatic N) is 1. The standard InChI is InChI=1S/C19H21NO4/c1-5-23-18(21)15-12(4)20-14-9-24-19(22)17(14)16(15)13-8-6-7-10(2)11(13)3/h6-8,15-16H,5,9H2,1-4H3. The lowest BCUT2D eigenvalue weighted by molar-refractivity contribution is -0.146. The second kappa shape index (κ2) is 6.23. The highest BCUT2D eigenvalue weighted by atomic mass is 16.5. The summed E-state index contributed by atoms with van der Waals surface area (Å²) < 4.78 is 10.4. The number of ether oxygens (including phenoxy) is 2. The Morgan fingerprint density at radius 3 is 2.79 bits per heavy atom. The molecular weight excluding hydrogens is 306 g/mol. The first-order valence-electron chi connectivity index (χ1n) is 8.13. The van der Waals surface area contributed by atoms with E-state index >= 15 is 0 Å². The van der Waals surface area contributed by atoms with Crippen molar-refractivity contribution < 1.29 is 19.1 Å². The maximum Gasteiger partial charge on any atom is 0.337 e. The van der Waals surface area contributed by atoms with Gasteiger partial charge in [-0.3, -0.25) is 9.79 Å². The van der Waals surface area contributed by atoms with E-state index in [1.165, 1.54) is 0 Å². The Labute approximate surface area is 141 Å². The number of hydrogen-bond donors (Lipinski definition) is 0. The van der Waals surface area contributed by atoms with Gasteiger partial charge in [-0.2, -0.15) is 0 Å². The predicted molar refractivity (Wildman–Crippen MR) is 89.9 cm³/mol. The quantitative estimate of drug-likeness (QED) is 0.801. The second-order valence-corrected chi connectivity index (χ2v) is 6.19. The van der Waals surface area contributed by atoms with Crippen LogP contribution >= 0.6 is 0 Å². The molecule has 5 heteroatoms. The van der Waals surface area contributed by atoms with E-state index in [1.54, 1.807) is 6.92 Å². The van der Waals surface area contributed by atoms with Crippen molar-refractivity contribution in [1.82, 2.24) is 0 Å². The molecule has 2 aliphatic rings. The van der Waals surface area contributed by atoms with E-state index in [9.17, 15) is 9.59 Å². The first kappa shape index (κ1) is 16.4. The van der Waals surface area contributed by atoms with E-state index < -0.39 is 11.8 Å². The van der Waals surface area contributed by atoms with Gasteiger partial charge in [0.25, 0.3) is 0 Å². The maximum atomic E-state index is 12.6. The van der Waals surface area contributed by atoms with Gasteiger partial charge in [0.15, 0.2) is 0 Å². The van der Waals surface area contributed by atoms with Crippen molar-refractivity contribution in [3.63, 3.8) is 0 Å². The van der Waals surface area contributed by atoms with Gasteiger partial charge in [-0.05, 0) is 44.4 Å². The van der Waals surface area contributed by atoms with Gasteiger partial charge in [0.1, 0.15) is 12.5 Å². The van der Waals surface area contributed by atoms with Crippen molar-refractivity contribution in [2.75, 3.05) is 13.2 Å². The van der Waals surface area contributed by atoms with E-state index in [1.807, 2.05) is 39.0 Å². The van der Waals surface area contributed by atoms with Crippen LogP contribution in [0, 0.1) is 19.8 Å². The van der Waals surface area contributed by atoms with E-state index in [-0.39, 0.29) is 18.5 Å². The van der Waals surface area contributed by atoms with Gasteiger partial charge < -0.3 is 9.47 Å². The van der Waals surface area contributed by atoms with Crippen molar-refractivity contribution in [3.05, 3.63) is 46.2 Å². The summed E-state index contributed by atoms with van der Waals surface area (Å²) in [5.74, 6) is -1.75. The van der Waals surface area contributed by atoms with Crippen LogP contribution in [-0.2, 0) is 19.1 Å². The van der Waals surface area contributed by atoms with Crippen LogP contribution in [0.4, 0.5) is 0 Å². The smallest absolute Gasteiger partial charge is 0.337 e. The van der Waals surface area contributed by atoms with Crippen LogP contribution in [-0.4, -0.2) is 30.9 Å². The number of aryl methyl sites for hydroxylation is 1. The minimum Gasteiger partial charge on any atom is -0.465 e. The molecule has 0 saturated carbocycles. The fourth-order valence-corrected chi connectivity index (χ4v) is 3.48. The zero-order valence-corrected chi connectivity index (χ0v) is 14.4. The Kier molecular flexibility index (Phi) is 4.26. The number of carbonyl (C=O) groups is 2. The molecule has 0 amide bonds. The molecule has 2 heterocycles. The van der Waals surface area contributed by atoms with Crippen molar-refractivity contribution >= 4 is 17.7 Å². The average Bonchev–Trinajstić information content (AvgIpc) is 2.90. The van der Waals surface area contributed by atoms with Crippen LogP contribution in [0.2, 0.25) is 0 Å². The largest absolute Gasteiger partial charge is 0.465 e. The molecule has 1 aromatic carbocycles. The fourth-order valence-electron chi connectivity index (χ4n) is 3.48. The molecule has 2 unspecified atom stereocenters. The Bertz CT molecular complexity index is 776. The lowest BCUT2D eigenvalue weighted by atomic mass is 9.74. The summed E-state index contributed by atoms with van der Waals surface area (Å²) in [7, 11) is 0. The number of cyclic esters (lactones) is 1. The summed E-state index contributed by atoms with van der Waals surface area (Å²) in [6, 6.07) is 5.93. The monoisotopic (exact) mass is 327 g/mol. The summed E-state index contributed by atoms with van der Waals surface area (Å²) >= 11 is 0. The number of benzene rings is 1. The predicted octanol–water partition coefficient (Wildman–Crippen LogP) is 2.85.